The maximum atomic E-state index is 14.2. The van der Waals surface area contributed by atoms with Crippen molar-refractivity contribution in [1.29, 1.82) is 0 Å². The lowest BCUT2D eigenvalue weighted by molar-refractivity contribution is -0.140. The zero-order chi connectivity index (χ0) is 30.7. The molecule has 0 saturated heterocycles. The first-order valence-electron chi connectivity index (χ1n) is 13.6. The quantitative estimate of drug-likeness (QED) is 0.235. The monoisotopic (exact) mass is 659 g/mol. The third-order valence-electron chi connectivity index (χ3n) is 6.70. The van der Waals surface area contributed by atoms with Gasteiger partial charge in [0, 0.05) is 30.0 Å². The van der Waals surface area contributed by atoms with Gasteiger partial charge in [-0.2, -0.15) is 0 Å². The molecule has 9 nitrogen and oxygen atoms in total. The van der Waals surface area contributed by atoms with Gasteiger partial charge in [0.1, 0.15) is 24.1 Å². The number of benzene rings is 3. The van der Waals surface area contributed by atoms with E-state index < -0.39 is 28.5 Å². The smallest absolute Gasteiger partial charge is 0.244 e. The van der Waals surface area contributed by atoms with Crippen LogP contribution in [0, 0.1) is 0 Å². The summed E-state index contributed by atoms with van der Waals surface area (Å²) in [5.41, 5.74) is 1.82. The highest BCUT2D eigenvalue weighted by atomic mass is 79.9. The second kappa shape index (κ2) is 15.6. The SMILES string of the molecule is CCCCNC(=O)[C@@H](Cc1ccccc1)N(Cc1ccc(Br)cc1)C(=O)CN(c1cc(OC)ccc1OC)S(C)(=O)=O. The first-order chi connectivity index (χ1) is 20.1. The Labute approximate surface area is 257 Å². The molecule has 3 aromatic carbocycles. The van der Waals surface area contributed by atoms with Crippen molar-refractivity contribution in [2.45, 2.75) is 38.8 Å². The van der Waals surface area contributed by atoms with E-state index in [2.05, 4.69) is 21.2 Å². The van der Waals surface area contributed by atoms with Crippen LogP contribution in [0.25, 0.3) is 0 Å². The number of methoxy groups -OCH3 is 2. The van der Waals surface area contributed by atoms with Gasteiger partial charge in [-0.15, -0.1) is 0 Å². The van der Waals surface area contributed by atoms with Gasteiger partial charge in [-0.1, -0.05) is 71.7 Å². The van der Waals surface area contributed by atoms with Crippen molar-refractivity contribution in [3.63, 3.8) is 0 Å². The van der Waals surface area contributed by atoms with Crippen LogP contribution < -0.4 is 19.1 Å². The van der Waals surface area contributed by atoms with Gasteiger partial charge in [0.25, 0.3) is 0 Å². The number of anilines is 1. The third kappa shape index (κ3) is 9.22. The normalized spacial score (nSPS) is 11.8. The summed E-state index contributed by atoms with van der Waals surface area (Å²) in [6.45, 7) is 2.05. The van der Waals surface area contributed by atoms with E-state index in [-0.39, 0.29) is 30.3 Å². The lowest BCUT2D eigenvalue weighted by atomic mass is 10.0. The molecular formula is C31H38BrN3O6S. The molecule has 0 spiro atoms. The van der Waals surface area contributed by atoms with Gasteiger partial charge in [-0.05, 0) is 41.8 Å². The number of rotatable bonds is 15. The fraction of sp³-hybridized carbons (Fsp3) is 0.355. The van der Waals surface area contributed by atoms with Crippen LogP contribution in [0.3, 0.4) is 0 Å². The molecule has 11 heteroatoms. The van der Waals surface area contributed by atoms with Gasteiger partial charge in [0.05, 0.1) is 26.2 Å². The van der Waals surface area contributed by atoms with Gasteiger partial charge >= 0.3 is 0 Å². The average molecular weight is 661 g/mol. The predicted octanol–water partition coefficient (Wildman–Crippen LogP) is 4.79. The topological polar surface area (TPSA) is 105 Å². The molecule has 2 amide bonds. The van der Waals surface area contributed by atoms with Crippen molar-refractivity contribution in [2.75, 3.05) is 37.9 Å². The molecule has 0 saturated carbocycles. The summed E-state index contributed by atoms with van der Waals surface area (Å²) in [5.74, 6) is -0.190. The molecule has 0 aliphatic heterocycles. The lowest BCUT2D eigenvalue weighted by Crippen LogP contribution is -2.53. The molecule has 0 fully saturated rings. The molecule has 226 valence electrons. The molecule has 0 unspecified atom stereocenters. The van der Waals surface area contributed by atoms with Crippen molar-refractivity contribution in [1.82, 2.24) is 10.2 Å². The molecule has 3 rings (SSSR count). The molecule has 1 N–H and O–H groups in total. The summed E-state index contributed by atoms with van der Waals surface area (Å²) in [7, 11) is -1.08. The van der Waals surface area contributed by atoms with Crippen LogP contribution in [-0.2, 0) is 32.6 Å². The third-order valence-corrected chi connectivity index (χ3v) is 8.36. The van der Waals surface area contributed by atoms with Gasteiger partial charge in [0.2, 0.25) is 21.8 Å². The maximum absolute atomic E-state index is 14.2. The summed E-state index contributed by atoms with van der Waals surface area (Å²) in [6, 6.07) is 20.7. The number of nitrogens with zero attached hydrogens (tertiary/aromatic N) is 2. The minimum atomic E-state index is -3.96. The molecule has 0 bridgehead atoms. The van der Waals surface area contributed by atoms with E-state index in [0.29, 0.717) is 12.3 Å². The van der Waals surface area contributed by atoms with E-state index in [9.17, 15) is 18.0 Å². The highest BCUT2D eigenvalue weighted by Gasteiger charge is 2.33. The number of unbranched alkanes of at least 4 members (excludes halogenated alkanes) is 1. The zero-order valence-corrected chi connectivity index (χ0v) is 26.8. The number of sulfonamides is 1. The maximum Gasteiger partial charge on any atom is 0.244 e. The Morgan fingerprint density at radius 3 is 2.24 bits per heavy atom. The van der Waals surface area contributed by atoms with E-state index in [1.54, 1.807) is 12.1 Å². The summed E-state index contributed by atoms with van der Waals surface area (Å²) in [5, 5.41) is 2.97. The van der Waals surface area contributed by atoms with Crippen molar-refractivity contribution >= 4 is 43.5 Å². The lowest BCUT2D eigenvalue weighted by Gasteiger charge is -2.33. The zero-order valence-electron chi connectivity index (χ0n) is 24.4. The summed E-state index contributed by atoms with van der Waals surface area (Å²) < 4.78 is 38.8. The van der Waals surface area contributed by atoms with E-state index in [0.717, 1.165) is 39.0 Å². The van der Waals surface area contributed by atoms with Crippen LogP contribution in [-0.4, -0.2) is 64.7 Å². The Balaban J connectivity index is 2.08. The summed E-state index contributed by atoms with van der Waals surface area (Å²) in [4.78, 5) is 29.4. The van der Waals surface area contributed by atoms with Crippen molar-refractivity contribution in [3.05, 3.63) is 88.4 Å². The number of nitrogens with one attached hydrogen (secondary N) is 1. The second-order valence-corrected chi connectivity index (χ2v) is 12.6. The molecule has 42 heavy (non-hydrogen) atoms. The number of hydrogen-bond acceptors (Lipinski definition) is 6. The summed E-state index contributed by atoms with van der Waals surface area (Å²) >= 11 is 3.44. The van der Waals surface area contributed by atoms with E-state index >= 15 is 0 Å². The molecule has 3 aromatic rings. The minimum Gasteiger partial charge on any atom is -0.497 e. The Bertz CT molecular complexity index is 1430. The van der Waals surface area contributed by atoms with Crippen LogP contribution in [0.5, 0.6) is 11.5 Å². The van der Waals surface area contributed by atoms with Crippen LogP contribution in [0.4, 0.5) is 5.69 Å². The molecule has 0 heterocycles. The van der Waals surface area contributed by atoms with E-state index in [1.165, 1.54) is 25.2 Å². The van der Waals surface area contributed by atoms with Crippen molar-refractivity contribution < 1.29 is 27.5 Å². The average Bonchev–Trinajstić information content (AvgIpc) is 2.98. The first-order valence-corrected chi connectivity index (χ1v) is 16.3. The number of halogens is 1. The van der Waals surface area contributed by atoms with E-state index in [1.807, 2.05) is 61.5 Å². The number of hydrogen-bond donors (Lipinski definition) is 1. The highest BCUT2D eigenvalue weighted by Crippen LogP contribution is 2.34. The minimum absolute atomic E-state index is 0.0949. The van der Waals surface area contributed by atoms with Crippen molar-refractivity contribution in [3.8, 4) is 11.5 Å². The van der Waals surface area contributed by atoms with Gasteiger partial charge in [-0.25, -0.2) is 8.42 Å². The fourth-order valence-electron chi connectivity index (χ4n) is 4.43. The largest absolute Gasteiger partial charge is 0.497 e. The number of ether oxygens (including phenoxy) is 2. The Morgan fingerprint density at radius 1 is 0.952 bits per heavy atom. The number of carbonyl (C=O) groups excluding carboxylic acids is 2. The second-order valence-electron chi connectivity index (χ2n) is 9.81. The predicted molar refractivity (Wildman–Crippen MR) is 168 cm³/mol. The molecular weight excluding hydrogens is 622 g/mol. The van der Waals surface area contributed by atoms with E-state index in [4.69, 9.17) is 9.47 Å². The molecule has 0 aliphatic rings. The van der Waals surface area contributed by atoms with Crippen LogP contribution in [0.15, 0.2) is 77.3 Å². The Hall–Kier alpha value is -3.57. The number of amides is 2. The molecule has 0 radical (unpaired) electrons. The van der Waals surface area contributed by atoms with Crippen molar-refractivity contribution in [2.24, 2.45) is 0 Å². The first kappa shape index (κ1) is 32.9. The standard InChI is InChI=1S/C31H38BrN3O6S/c1-5-6-18-33-31(37)28(19-23-10-8-7-9-11-23)34(21-24-12-14-25(32)15-13-24)30(36)22-35(42(4,38)39)27-20-26(40-2)16-17-29(27)41-3/h7-17,20,28H,5-6,18-19,21-22H2,1-4H3,(H,33,37)/t28-/m1/s1. The van der Waals surface area contributed by atoms with Crippen LogP contribution in [0.1, 0.15) is 30.9 Å². The molecule has 1 atom stereocenters. The van der Waals surface area contributed by atoms with Crippen LogP contribution in [0.2, 0.25) is 0 Å². The highest BCUT2D eigenvalue weighted by molar-refractivity contribution is 9.10. The fourth-order valence-corrected chi connectivity index (χ4v) is 5.54. The number of carbonyl (C=O) groups is 2. The summed E-state index contributed by atoms with van der Waals surface area (Å²) in [6.07, 6.45) is 2.97. The molecule has 0 aliphatic carbocycles. The van der Waals surface area contributed by atoms with Gasteiger partial charge in [-0.3, -0.25) is 13.9 Å². The Kier molecular flexibility index (Phi) is 12.2. The van der Waals surface area contributed by atoms with Gasteiger partial charge in [0.15, 0.2) is 0 Å². The molecule has 0 aromatic heterocycles. The Morgan fingerprint density at radius 2 is 1.64 bits per heavy atom. The van der Waals surface area contributed by atoms with Crippen LogP contribution >= 0.6 is 15.9 Å². The van der Waals surface area contributed by atoms with Gasteiger partial charge < -0.3 is 19.7 Å².